The van der Waals surface area contributed by atoms with Crippen molar-refractivity contribution < 1.29 is 9.90 Å². The van der Waals surface area contributed by atoms with Crippen LogP contribution in [0.1, 0.15) is 42.5 Å². The molecular weight excluding hydrogens is 212 g/mol. The fourth-order valence-electron chi connectivity index (χ4n) is 1.76. The quantitative estimate of drug-likeness (QED) is 0.796. The lowest BCUT2D eigenvalue weighted by Gasteiger charge is -2.21. The summed E-state index contributed by atoms with van der Waals surface area (Å²) in [5, 5.41) is 13.2. The van der Waals surface area contributed by atoms with E-state index in [0.29, 0.717) is 0 Å². The molecule has 0 radical (unpaired) electrons. The van der Waals surface area contributed by atoms with Crippen molar-refractivity contribution in [3.05, 3.63) is 17.0 Å². The highest BCUT2D eigenvalue weighted by atomic mass is 32.2. The smallest absolute Gasteiger partial charge is 0.356 e. The molecule has 15 heavy (non-hydrogen) atoms. The summed E-state index contributed by atoms with van der Waals surface area (Å²) >= 11 is 1.75. The van der Waals surface area contributed by atoms with Crippen molar-refractivity contribution in [1.82, 2.24) is 9.78 Å². The number of rotatable bonds is 1. The molecule has 0 bridgehead atoms. The number of carbonyl (C=O) groups is 1. The number of thioether (sulfide) groups is 1. The molecule has 0 saturated carbocycles. The van der Waals surface area contributed by atoms with E-state index in [9.17, 15) is 4.79 Å². The Morgan fingerprint density at radius 1 is 1.47 bits per heavy atom. The molecule has 0 unspecified atom stereocenters. The van der Waals surface area contributed by atoms with Crippen LogP contribution in [-0.2, 0) is 17.0 Å². The molecule has 0 aromatic carbocycles. The highest BCUT2D eigenvalue weighted by Gasteiger charge is 2.30. The summed E-state index contributed by atoms with van der Waals surface area (Å²) < 4.78 is 1.85. The zero-order chi connectivity index (χ0) is 11.2. The van der Waals surface area contributed by atoms with Crippen molar-refractivity contribution in [2.45, 2.75) is 37.8 Å². The minimum atomic E-state index is -0.920. The number of hydrogen-bond acceptors (Lipinski definition) is 3. The van der Waals surface area contributed by atoms with Gasteiger partial charge in [-0.25, -0.2) is 4.79 Å². The Morgan fingerprint density at radius 3 is 2.67 bits per heavy atom. The molecule has 4 nitrogen and oxygen atoms in total. The van der Waals surface area contributed by atoms with E-state index in [0.717, 1.165) is 22.8 Å². The normalized spacial score (nSPS) is 15.4. The van der Waals surface area contributed by atoms with E-state index in [2.05, 4.69) is 5.10 Å². The Bertz CT molecular complexity index is 418. The van der Waals surface area contributed by atoms with Crippen LogP contribution < -0.4 is 0 Å². The molecule has 82 valence electrons. The Morgan fingerprint density at radius 2 is 2.13 bits per heavy atom. The first-order chi connectivity index (χ1) is 6.91. The summed E-state index contributed by atoms with van der Waals surface area (Å²) in [4.78, 5) is 11.0. The van der Waals surface area contributed by atoms with E-state index in [-0.39, 0.29) is 11.2 Å². The minimum Gasteiger partial charge on any atom is -0.476 e. The summed E-state index contributed by atoms with van der Waals surface area (Å²) in [6.45, 7) is 6.11. The fourth-order valence-corrected chi connectivity index (χ4v) is 2.86. The molecule has 0 spiro atoms. The topological polar surface area (TPSA) is 55.1 Å². The second-order valence-corrected chi connectivity index (χ2v) is 5.64. The van der Waals surface area contributed by atoms with Crippen molar-refractivity contribution in [1.29, 1.82) is 0 Å². The number of fused-ring (bicyclic) bond motifs is 1. The zero-order valence-electron chi connectivity index (χ0n) is 9.07. The predicted octanol–water partition coefficient (Wildman–Crippen LogP) is 2.08. The van der Waals surface area contributed by atoms with Crippen LogP contribution in [0.3, 0.4) is 0 Å². The average Bonchev–Trinajstić information content (AvgIpc) is 2.57. The van der Waals surface area contributed by atoms with Gasteiger partial charge in [-0.3, -0.25) is 4.68 Å². The first-order valence-corrected chi connectivity index (χ1v) is 5.99. The van der Waals surface area contributed by atoms with Gasteiger partial charge in [0, 0.05) is 17.1 Å². The van der Waals surface area contributed by atoms with Gasteiger partial charge in [0.05, 0.1) is 11.2 Å². The number of hydrogen-bond donors (Lipinski definition) is 1. The summed E-state index contributed by atoms with van der Waals surface area (Å²) in [7, 11) is 0. The Hall–Kier alpha value is -0.970. The molecule has 2 rings (SSSR count). The van der Waals surface area contributed by atoms with Gasteiger partial charge in [-0.15, -0.1) is 0 Å². The van der Waals surface area contributed by atoms with E-state index in [1.54, 1.807) is 11.8 Å². The predicted molar refractivity (Wildman–Crippen MR) is 59.2 cm³/mol. The van der Waals surface area contributed by atoms with Crippen molar-refractivity contribution in [3.8, 4) is 0 Å². The Kier molecular flexibility index (Phi) is 2.30. The summed E-state index contributed by atoms with van der Waals surface area (Å²) in [6.07, 6.45) is 0. The van der Waals surface area contributed by atoms with Gasteiger partial charge in [0.1, 0.15) is 0 Å². The van der Waals surface area contributed by atoms with Crippen LogP contribution in [-0.4, -0.2) is 20.9 Å². The highest BCUT2D eigenvalue weighted by Crippen LogP contribution is 2.34. The molecule has 2 heterocycles. The lowest BCUT2D eigenvalue weighted by Crippen LogP contribution is -2.25. The molecule has 1 aliphatic rings. The summed E-state index contributed by atoms with van der Waals surface area (Å²) in [5.74, 6) is 0.719. The molecule has 0 atom stereocenters. The third-order valence-electron chi connectivity index (χ3n) is 2.41. The maximum atomic E-state index is 11.0. The third kappa shape index (κ3) is 1.65. The van der Waals surface area contributed by atoms with Gasteiger partial charge < -0.3 is 5.11 Å². The summed E-state index contributed by atoms with van der Waals surface area (Å²) in [5.41, 5.74) is 2.06. The average molecular weight is 226 g/mol. The van der Waals surface area contributed by atoms with Crippen LogP contribution >= 0.6 is 11.8 Å². The molecule has 1 aromatic heterocycles. The van der Waals surface area contributed by atoms with Crippen molar-refractivity contribution in [2.75, 3.05) is 0 Å². The van der Waals surface area contributed by atoms with E-state index in [1.165, 1.54) is 0 Å². The first-order valence-electron chi connectivity index (χ1n) is 4.83. The monoisotopic (exact) mass is 226 g/mol. The van der Waals surface area contributed by atoms with Crippen molar-refractivity contribution in [3.63, 3.8) is 0 Å². The van der Waals surface area contributed by atoms with Crippen molar-refractivity contribution in [2.24, 2.45) is 0 Å². The van der Waals surface area contributed by atoms with E-state index in [4.69, 9.17) is 5.11 Å². The molecule has 0 aliphatic carbocycles. The molecular formula is C10H14N2O2S. The van der Waals surface area contributed by atoms with Crippen LogP contribution in [0.5, 0.6) is 0 Å². The molecule has 0 fully saturated rings. The second-order valence-electron chi connectivity index (χ2n) is 4.65. The maximum Gasteiger partial charge on any atom is 0.356 e. The van der Waals surface area contributed by atoms with Gasteiger partial charge in [-0.2, -0.15) is 16.9 Å². The van der Waals surface area contributed by atoms with Gasteiger partial charge in [0.25, 0.3) is 0 Å². The molecule has 1 aromatic rings. The van der Waals surface area contributed by atoms with Gasteiger partial charge in [0.2, 0.25) is 0 Å². The molecule has 0 saturated heterocycles. The van der Waals surface area contributed by atoms with E-state index >= 15 is 0 Å². The molecule has 1 aliphatic heterocycles. The van der Waals surface area contributed by atoms with Gasteiger partial charge in [0.15, 0.2) is 5.69 Å². The van der Waals surface area contributed by atoms with Crippen LogP contribution in [0.2, 0.25) is 0 Å². The number of aromatic nitrogens is 2. The number of carboxylic acids is 1. The standard InChI is InChI=1S/C10H14N2O2S/c1-10(2,3)12-7-5-15-4-6(7)8(11-12)9(13)14/h4-5H2,1-3H3,(H,13,14). The Balaban J connectivity index is 2.59. The van der Waals surface area contributed by atoms with Gasteiger partial charge in [-0.05, 0) is 20.8 Å². The molecule has 0 amide bonds. The second kappa shape index (κ2) is 3.27. The van der Waals surface area contributed by atoms with Crippen LogP contribution in [0.15, 0.2) is 0 Å². The van der Waals surface area contributed by atoms with E-state index in [1.807, 2.05) is 25.5 Å². The lowest BCUT2D eigenvalue weighted by molar-refractivity contribution is 0.0688. The van der Waals surface area contributed by atoms with E-state index < -0.39 is 5.97 Å². The fraction of sp³-hybridized carbons (Fsp3) is 0.600. The third-order valence-corrected chi connectivity index (χ3v) is 3.38. The maximum absolute atomic E-state index is 11.0. The number of nitrogens with zero attached hydrogens (tertiary/aromatic N) is 2. The highest BCUT2D eigenvalue weighted by molar-refractivity contribution is 7.98. The number of aromatic carboxylic acids is 1. The lowest BCUT2D eigenvalue weighted by atomic mass is 10.1. The molecule has 1 N–H and O–H groups in total. The zero-order valence-corrected chi connectivity index (χ0v) is 9.89. The minimum absolute atomic E-state index is 0.150. The van der Waals surface area contributed by atoms with Crippen LogP contribution in [0.25, 0.3) is 0 Å². The van der Waals surface area contributed by atoms with Gasteiger partial charge >= 0.3 is 5.97 Å². The van der Waals surface area contributed by atoms with Crippen LogP contribution in [0, 0.1) is 0 Å². The van der Waals surface area contributed by atoms with Crippen LogP contribution in [0.4, 0.5) is 0 Å². The van der Waals surface area contributed by atoms with Gasteiger partial charge in [-0.1, -0.05) is 0 Å². The SMILES string of the molecule is CC(C)(C)n1nc(C(=O)O)c2c1CSC2. The number of carboxylic acid groups (broad SMARTS) is 1. The summed E-state index contributed by atoms with van der Waals surface area (Å²) in [6, 6.07) is 0. The molecule has 5 heteroatoms. The first kappa shape index (κ1) is 10.5. The Labute approximate surface area is 92.7 Å². The van der Waals surface area contributed by atoms with Crippen molar-refractivity contribution >= 4 is 17.7 Å². The largest absolute Gasteiger partial charge is 0.476 e.